The third kappa shape index (κ3) is 2.70. The van der Waals surface area contributed by atoms with E-state index in [9.17, 15) is 0 Å². The predicted octanol–water partition coefficient (Wildman–Crippen LogP) is 0.0555. The summed E-state index contributed by atoms with van der Waals surface area (Å²) in [5, 5.41) is 0. The number of ether oxygens (including phenoxy) is 3. The molecule has 2 aliphatic heterocycles. The molecule has 0 bridgehead atoms. The number of methoxy groups -OCH3 is 1. The number of nitrogens with zero attached hydrogens (tertiary/aromatic N) is 1. The van der Waals surface area contributed by atoms with Crippen LogP contribution in [-0.4, -0.2) is 31.2 Å². The highest BCUT2D eigenvalue weighted by Gasteiger charge is 2.29. The number of benzene rings is 2. The van der Waals surface area contributed by atoms with Crippen molar-refractivity contribution in [3.8, 4) is 17.2 Å². The van der Waals surface area contributed by atoms with Gasteiger partial charge >= 0.3 is 0 Å². The molecule has 23 heavy (non-hydrogen) atoms. The molecule has 0 radical (unpaired) electrons. The summed E-state index contributed by atoms with van der Waals surface area (Å²) in [5.74, 6) is 2.26. The Bertz CT molecular complexity index is 769. The third-order valence-electron chi connectivity index (χ3n) is 4.22. The van der Waals surface area contributed by atoms with Crippen LogP contribution in [0.25, 0.3) is 0 Å². The van der Waals surface area contributed by atoms with Gasteiger partial charge in [-0.1, -0.05) is 17.7 Å². The topological polar surface area (TPSA) is 30.7 Å². The van der Waals surface area contributed by atoms with Crippen molar-refractivity contribution in [2.75, 3.05) is 20.4 Å². The van der Waals surface area contributed by atoms with Gasteiger partial charge in [-0.3, -0.25) is 0 Å². The fraction of sp³-hybridized carbons (Fsp3) is 0.278. The average molecular weight is 376 g/mol. The molecule has 2 aliphatic rings. The molecular formula is C18H18BrNO3. The van der Waals surface area contributed by atoms with Crippen LogP contribution in [0.15, 0.2) is 30.3 Å². The van der Waals surface area contributed by atoms with Gasteiger partial charge in [-0.25, -0.2) is 0 Å². The van der Waals surface area contributed by atoms with Gasteiger partial charge in [0, 0.05) is 18.6 Å². The normalized spacial score (nSPS) is 14.6. The first-order chi connectivity index (χ1) is 10.8. The fourth-order valence-electron chi connectivity index (χ4n) is 3.03. The third-order valence-corrected chi connectivity index (χ3v) is 4.22. The lowest BCUT2D eigenvalue weighted by Gasteiger charge is -2.16. The zero-order chi connectivity index (χ0) is 15.1. The first-order valence-electron chi connectivity index (χ1n) is 7.44. The second-order valence-electron chi connectivity index (χ2n) is 5.62. The van der Waals surface area contributed by atoms with Crippen LogP contribution in [0.5, 0.6) is 17.2 Å². The second kappa shape index (κ2) is 6.24. The maximum atomic E-state index is 5.60. The van der Waals surface area contributed by atoms with E-state index in [1.165, 1.54) is 16.8 Å². The number of aryl methyl sites for hydroxylation is 1. The van der Waals surface area contributed by atoms with Gasteiger partial charge in [0.15, 0.2) is 24.3 Å². The quantitative estimate of drug-likeness (QED) is 0.695. The summed E-state index contributed by atoms with van der Waals surface area (Å²) in [6.45, 7) is 3.30. The van der Waals surface area contributed by atoms with Crippen molar-refractivity contribution in [1.29, 1.82) is 0 Å². The maximum absolute atomic E-state index is 5.60. The lowest BCUT2D eigenvalue weighted by Crippen LogP contribution is -3.00. The van der Waals surface area contributed by atoms with Crippen molar-refractivity contribution in [3.63, 3.8) is 0 Å². The Balaban J connectivity index is 0.00000156. The van der Waals surface area contributed by atoms with Crippen molar-refractivity contribution < 1.29 is 35.8 Å². The average Bonchev–Trinajstić information content (AvgIpc) is 3.01. The summed E-state index contributed by atoms with van der Waals surface area (Å²) in [6.07, 6.45) is 3.09. The van der Waals surface area contributed by atoms with Crippen LogP contribution < -0.4 is 31.2 Å². The molecular weight excluding hydrogens is 358 g/mol. The smallest absolute Gasteiger partial charge is 0.231 e. The Morgan fingerprint density at radius 2 is 1.91 bits per heavy atom. The lowest BCUT2D eigenvalue weighted by atomic mass is 9.99. The van der Waals surface area contributed by atoms with Gasteiger partial charge < -0.3 is 31.2 Å². The first-order valence-corrected chi connectivity index (χ1v) is 7.44. The molecule has 0 spiro atoms. The molecule has 0 fully saturated rings. The van der Waals surface area contributed by atoms with E-state index in [-0.39, 0.29) is 23.8 Å². The zero-order valence-electron chi connectivity index (χ0n) is 13.1. The fourth-order valence-corrected chi connectivity index (χ4v) is 3.03. The number of hydrogen-bond donors (Lipinski definition) is 0. The first kappa shape index (κ1) is 15.9. The van der Waals surface area contributed by atoms with E-state index in [1.807, 2.05) is 0 Å². The van der Waals surface area contributed by atoms with Crippen molar-refractivity contribution in [2.24, 2.45) is 0 Å². The van der Waals surface area contributed by atoms with Crippen LogP contribution in [0.1, 0.15) is 16.7 Å². The largest absolute Gasteiger partial charge is 1.00 e. The Morgan fingerprint density at radius 1 is 1.13 bits per heavy atom. The monoisotopic (exact) mass is 375 g/mol. The number of hydrogen-bond acceptors (Lipinski definition) is 3. The summed E-state index contributed by atoms with van der Waals surface area (Å²) in [6, 6.07) is 10.6. The summed E-state index contributed by atoms with van der Waals surface area (Å²) >= 11 is 0. The van der Waals surface area contributed by atoms with Gasteiger partial charge in [-0.2, -0.15) is 4.58 Å². The standard InChI is InChI=1S/C18H18NO3.BrH/c1-12-3-5-14(6-4-12)19-8-7-13-9-16-18(22-11-21-16)17(20-2)15(13)10-19;/h3-6,9-10H,7-8,11H2,1-2H3;1H/q+1;/p-1. The van der Waals surface area contributed by atoms with Crippen molar-refractivity contribution >= 4 is 11.9 Å². The Hall–Kier alpha value is -2.01. The van der Waals surface area contributed by atoms with E-state index in [0.29, 0.717) is 5.75 Å². The van der Waals surface area contributed by atoms with E-state index in [0.717, 1.165) is 30.0 Å². The molecule has 0 unspecified atom stereocenters. The van der Waals surface area contributed by atoms with Crippen LogP contribution in [0.2, 0.25) is 0 Å². The number of fused-ring (bicyclic) bond motifs is 2. The summed E-state index contributed by atoms with van der Waals surface area (Å²) < 4.78 is 18.9. The minimum absolute atomic E-state index is 0. The number of rotatable bonds is 2. The molecule has 120 valence electrons. The molecule has 5 heteroatoms. The molecule has 4 rings (SSSR count). The van der Waals surface area contributed by atoms with Gasteiger partial charge in [0.1, 0.15) is 0 Å². The highest BCUT2D eigenvalue weighted by molar-refractivity contribution is 5.87. The maximum Gasteiger partial charge on any atom is 0.231 e. The van der Waals surface area contributed by atoms with E-state index >= 15 is 0 Å². The van der Waals surface area contributed by atoms with Gasteiger partial charge in [0.25, 0.3) is 0 Å². The Kier molecular flexibility index (Phi) is 4.31. The molecule has 0 N–H and O–H groups in total. The van der Waals surface area contributed by atoms with Crippen LogP contribution in [0.4, 0.5) is 5.69 Å². The summed E-state index contributed by atoms with van der Waals surface area (Å²) in [7, 11) is 1.68. The minimum Gasteiger partial charge on any atom is -1.00 e. The Morgan fingerprint density at radius 3 is 2.65 bits per heavy atom. The van der Waals surface area contributed by atoms with Crippen molar-refractivity contribution in [1.82, 2.24) is 0 Å². The van der Waals surface area contributed by atoms with Gasteiger partial charge in [-0.05, 0) is 18.6 Å². The zero-order valence-corrected chi connectivity index (χ0v) is 14.7. The van der Waals surface area contributed by atoms with Crippen molar-refractivity contribution in [2.45, 2.75) is 13.3 Å². The summed E-state index contributed by atoms with van der Waals surface area (Å²) in [5.41, 5.74) is 4.78. The molecule has 4 nitrogen and oxygen atoms in total. The van der Waals surface area contributed by atoms with Crippen LogP contribution in [-0.2, 0) is 6.42 Å². The molecule has 0 amide bonds. The second-order valence-corrected chi connectivity index (χ2v) is 5.62. The SMILES string of the molecule is COc1c2c(cc3c1OCO3)CC[N+](c1ccc(C)cc1)=C2.[Br-]. The molecule has 2 heterocycles. The van der Waals surface area contributed by atoms with Crippen LogP contribution in [0.3, 0.4) is 0 Å². The van der Waals surface area contributed by atoms with Gasteiger partial charge in [-0.15, -0.1) is 0 Å². The van der Waals surface area contributed by atoms with E-state index in [2.05, 4.69) is 48.0 Å². The Labute approximate surface area is 146 Å². The molecule has 2 aromatic carbocycles. The van der Waals surface area contributed by atoms with Crippen LogP contribution in [0, 0.1) is 6.92 Å². The molecule has 0 aliphatic carbocycles. The van der Waals surface area contributed by atoms with Crippen molar-refractivity contribution in [3.05, 3.63) is 47.0 Å². The van der Waals surface area contributed by atoms with E-state index < -0.39 is 0 Å². The van der Waals surface area contributed by atoms with E-state index in [1.54, 1.807) is 7.11 Å². The lowest BCUT2D eigenvalue weighted by molar-refractivity contribution is -0.436. The van der Waals surface area contributed by atoms with Crippen LogP contribution >= 0.6 is 0 Å². The predicted molar refractivity (Wildman–Crippen MR) is 84.0 cm³/mol. The van der Waals surface area contributed by atoms with Gasteiger partial charge in [0.2, 0.25) is 18.2 Å². The number of halogens is 1. The van der Waals surface area contributed by atoms with E-state index in [4.69, 9.17) is 14.2 Å². The summed E-state index contributed by atoms with van der Waals surface area (Å²) in [4.78, 5) is 0. The highest BCUT2D eigenvalue weighted by atomic mass is 79.9. The highest BCUT2D eigenvalue weighted by Crippen LogP contribution is 2.45. The van der Waals surface area contributed by atoms with Gasteiger partial charge in [0.05, 0.1) is 12.7 Å². The molecule has 2 aromatic rings. The molecule has 0 atom stereocenters. The molecule has 0 saturated carbocycles. The molecule has 0 saturated heterocycles. The minimum atomic E-state index is 0. The molecule has 0 aromatic heterocycles.